The molecule has 1 N–H and O–H groups in total. The van der Waals surface area contributed by atoms with Crippen molar-refractivity contribution in [2.24, 2.45) is 0 Å². The first kappa shape index (κ1) is 44.1. The highest BCUT2D eigenvalue weighted by atomic mass is 16.6. The lowest BCUT2D eigenvalue weighted by molar-refractivity contribution is -0.887. The molecule has 0 aliphatic carbocycles. The van der Waals surface area contributed by atoms with Crippen LogP contribution in [-0.4, -0.2) is 80.6 Å². The number of nitrogens with zero attached hydrogens (tertiary/aromatic N) is 1. The van der Waals surface area contributed by atoms with Gasteiger partial charge < -0.3 is 23.8 Å². The Labute approximate surface area is 282 Å². The first-order valence-corrected chi connectivity index (χ1v) is 18.7. The van der Waals surface area contributed by atoms with Crippen molar-refractivity contribution in [2.45, 2.75) is 174 Å². The van der Waals surface area contributed by atoms with Gasteiger partial charge in [0.2, 0.25) is 0 Å². The fourth-order valence-corrected chi connectivity index (χ4v) is 5.42. The van der Waals surface area contributed by atoms with Crippen LogP contribution in [-0.2, 0) is 28.6 Å². The molecule has 46 heavy (non-hydrogen) atoms. The van der Waals surface area contributed by atoms with Crippen LogP contribution in [0.15, 0.2) is 12.2 Å². The number of ether oxygens (including phenoxy) is 3. The van der Waals surface area contributed by atoms with E-state index in [9.17, 15) is 19.5 Å². The van der Waals surface area contributed by atoms with E-state index in [-0.39, 0.29) is 36.2 Å². The maximum Gasteiger partial charge on any atom is 0.362 e. The van der Waals surface area contributed by atoms with Crippen LogP contribution < -0.4 is 0 Å². The second-order valence-corrected chi connectivity index (χ2v) is 13.8. The number of carbonyl (C=O) groups is 3. The van der Waals surface area contributed by atoms with Gasteiger partial charge in [-0.15, -0.1) is 0 Å². The number of likely N-dealkylation sites (N-methyl/N-ethyl adjacent to an activating group) is 1. The summed E-state index contributed by atoms with van der Waals surface area (Å²) >= 11 is 0. The number of carboxylic acids is 1. The molecule has 0 heterocycles. The molecular weight excluding hydrogens is 582 g/mol. The summed E-state index contributed by atoms with van der Waals surface area (Å²) < 4.78 is 17.2. The molecule has 0 aromatic heterocycles. The Hall–Kier alpha value is -1.93. The lowest BCUT2D eigenvalue weighted by Crippen LogP contribution is -2.50. The van der Waals surface area contributed by atoms with E-state index in [0.29, 0.717) is 19.3 Å². The zero-order valence-corrected chi connectivity index (χ0v) is 30.5. The molecule has 0 spiro atoms. The normalized spacial score (nSPS) is 13.2. The van der Waals surface area contributed by atoms with E-state index in [1.807, 2.05) is 21.1 Å². The topological polar surface area (TPSA) is 99.1 Å². The van der Waals surface area contributed by atoms with Gasteiger partial charge in [0, 0.05) is 19.3 Å². The number of esters is 2. The molecule has 0 aromatic carbocycles. The highest BCUT2D eigenvalue weighted by molar-refractivity contribution is 5.72. The van der Waals surface area contributed by atoms with Crippen molar-refractivity contribution < 1.29 is 38.2 Å². The first-order valence-electron chi connectivity index (χ1n) is 18.7. The second-order valence-electron chi connectivity index (χ2n) is 13.8. The average molecular weight is 655 g/mol. The predicted octanol–water partition coefficient (Wildman–Crippen LogP) is 9.19. The van der Waals surface area contributed by atoms with Crippen LogP contribution in [0.3, 0.4) is 0 Å². The monoisotopic (exact) mass is 655 g/mol. The van der Waals surface area contributed by atoms with Crippen LogP contribution in [0.25, 0.3) is 0 Å². The summed E-state index contributed by atoms with van der Waals surface area (Å²) in [5.41, 5.74) is 0. The Morgan fingerprint density at radius 1 is 0.630 bits per heavy atom. The Balaban J connectivity index is 4.44. The summed E-state index contributed by atoms with van der Waals surface area (Å²) in [6.07, 6.45) is 28.2. The third kappa shape index (κ3) is 28.3. The van der Waals surface area contributed by atoms with Gasteiger partial charge >= 0.3 is 17.9 Å². The van der Waals surface area contributed by atoms with E-state index in [4.69, 9.17) is 14.2 Å². The molecule has 0 saturated heterocycles. The van der Waals surface area contributed by atoms with Gasteiger partial charge in [-0.05, 0) is 32.1 Å². The van der Waals surface area contributed by atoms with Gasteiger partial charge in [-0.1, -0.05) is 122 Å². The number of carbonyl (C=O) groups excluding carboxylic acids is 2. The highest BCUT2D eigenvalue weighted by Crippen LogP contribution is 2.14. The molecule has 8 heteroatoms. The summed E-state index contributed by atoms with van der Waals surface area (Å²) in [7, 11) is 5.51. The summed E-state index contributed by atoms with van der Waals surface area (Å²) in [5, 5.41) is 9.56. The van der Waals surface area contributed by atoms with Gasteiger partial charge in [-0.25, -0.2) is 4.79 Å². The maximum absolute atomic E-state index is 12.6. The third-order valence-electron chi connectivity index (χ3n) is 8.41. The van der Waals surface area contributed by atoms with Gasteiger partial charge in [-0.3, -0.25) is 9.59 Å². The van der Waals surface area contributed by atoms with Crippen LogP contribution in [0.4, 0.5) is 0 Å². The molecule has 270 valence electrons. The third-order valence-corrected chi connectivity index (χ3v) is 8.41. The number of aliphatic carboxylic acids is 1. The summed E-state index contributed by atoms with van der Waals surface area (Å²) in [5.74, 6) is -1.48. The van der Waals surface area contributed by atoms with Crippen LogP contribution in [0, 0.1) is 0 Å². The van der Waals surface area contributed by atoms with Gasteiger partial charge in [0.25, 0.3) is 0 Å². The summed E-state index contributed by atoms with van der Waals surface area (Å²) in [4.78, 5) is 36.7. The van der Waals surface area contributed by atoms with Crippen LogP contribution >= 0.6 is 0 Å². The SMILES string of the molecule is CCCC/C=C/CCCCCCCC(=O)OC(COCCC(C(=O)O)[N+](C)(C)C)COC(=O)CCCCCCCCCCCCC. The summed E-state index contributed by atoms with van der Waals surface area (Å²) in [6.45, 7) is 4.67. The molecule has 0 aromatic rings. The standard InChI is InChI=1S/C38H71NO7/c1-6-8-10-12-14-16-18-20-22-24-26-28-36(40)45-33-34(32-44-31-30-35(38(42)43)39(3,4)5)46-37(41)29-27-25-23-21-19-17-15-13-11-9-7-2/h13,15,34-35H,6-12,14,16-33H2,1-5H3/p+1/b15-13+. The number of hydrogen-bond donors (Lipinski definition) is 1. The number of carboxylic acid groups (broad SMARTS) is 1. The van der Waals surface area contributed by atoms with Gasteiger partial charge in [-0.2, -0.15) is 0 Å². The highest BCUT2D eigenvalue weighted by Gasteiger charge is 2.31. The molecule has 8 nitrogen and oxygen atoms in total. The fourth-order valence-electron chi connectivity index (χ4n) is 5.42. The zero-order chi connectivity index (χ0) is 34.3. The van der Waals surface area contributed by atoms with Crippen molar-refractivity contribution in [2.75, 3.05) is 41.0 Å². The van der Waals surface area contributed by atoms with E-state index in [1.54, 1.807) is 0 Å². The minimum Gasteiger partial charge on any atom is -0.477 e. The minimum atomic E-state index is -0.876. The number of unbranched alkanes of at least 4 members (excludes halogenated alkanes) is 17. The van der Waals surface area contributed by atoms with Gasteiger partial charge in [0.1, 0.15) is 6.61 Å². The molecule has 0 bridgehead atoms. The van der Waals surface area contributed by atoms with E-state index in [1.165, 1.54) is 77.0 Å². The molecular formula is C38H72NO7+. The van der Waals surface area contributed by atoms with Crippen molar-refractivity contribution in [3.63, 3.8) is 0 Å². The predicted molar refractivity (Wildman–Crippen MR) is 188 cm³/mol. The van der Waals surface area contributed by atoms with Crippen molar-refractivity contribution in [1.82, 2.24) is 0 Å². The molecule has 0 fully saturated rings. The largest absolute Gasteiger partial charge is 0.477 e. The molecule has 0 amide bonds. The Morgan fingerprint density at radius 2 is 1.11 bits per heavy atom. The van der Waals surface area contributed by atoms with Crippen LogP contribution in [0.5, 0.6) is 0 Å². The molecule has 0 aliphatic rings. The lowest BCUT2D eigenvalue weighted by atomic mass is 10.1. The van der Waals surface area contributed by atoms with Crippen LogP contribution in [0.1, 0.15) is 162 Å². The van der Waals surface area contributed by atoms with Crippen molar-refractivity contribution >= 4 is 17.9 Å². The van der Waals surface area contributed by atoms with E-state index in [0.717, 1.165) is 51.4 Å². The van der Waals surface area contributed by atoms with E-state index < -0.39 is 18.1 Å². The zero-order valence-electron chi connectivity index (χ0n) is 30.5. The fraction of sp³-hybridized carbons (Fsp3) is 0.868. The number of quaternary nitrogens is 1. The van der Waals surface area contributed by atoms with Crippen LogP contribution in [0.2, 0.25) is 0 Å². The molecule has 0 radical (unpaired) electrons. The van der Waals surface area contributed by atoms with Gasteiger partial charge in [0.05, 0.1) is 34.4 Å². The molecule has 0 saturated carbocycles. The van der Waals surface area contributed by atoms with E-state index in [2.05, 4.69) is 26.0 Å². The quantitative estimate of drug-likeness (QED) is 0.0326. The second kappa shape index (κ2) is 30.4. The van der Waals surface area contributed by atoms with E-state index >= 15 is 0 Å². The molecule has 2 atom stereocenters. The number of rotatable bonds is 33. The van der Waals surface area contributed by atoms with Crippen molar-refractivity contribution in [3.05, 3.63) is 12.2 Å². The molecule has 2 unspecified atom stereocenters. The lowest BCUT2D eigenvalue weighted by Gasteiger charge is -2.31. The molecule has 0 aliphatic heterocycles. The summed E-state index contributed by atoms with van der Waals surface area (Å²) in [6, 6.07) is -0.610. The minimum absolute atomic E-state index is 0.0495. The van der Waals surface area contributed by atoms with Crippen molar-refractivity contribution in [1.29, 1.82) is 0 Å². The maximum atomic E-state index is 12.6. The number of hydrogen-bond acceptors (Lipinski definition) is 6. The van der Waals surface area contributed by atoms with Crippen molar-refractivity contribution in [3.8, 4) is 0 Å². The number of allylic oxidation sites excluding steroid dienone is 2. The smallest absolute Gasteiger partial charge is 0.362 e. The average Bonchev–Trinajstić information content (AvgIpc) is 3.00. The Morgan fingerprint density at radius 3 is 1.63 bits per heavy atom. The Kier molecular flexibility index (Phi) is 29.1. The molecule has 0 rings (SSSR count). The van der Waals surface area contributed by atoms with Gasteiger partial charge in [0.15, 0.2) is 12.1 Å². The first-order chi connectivity index (χ1) is 22.1. The Bertz CT molecular complexity index is 778.